The zero-order valence-corrected chi connectivity index (χ0v) is 12.1. The molecule has 0 spiro atoms. The van der Waals surface area contributed by atoms with Crippen LogP contribution in [0.2, 0.25) is 0 Å². The van der Waals surface area contributed by atoms with E-state index in [4.69, 9.17) is 0 Å². The summed E-state index contributed by atoms with van der Waals surface area (Å²) in [4.78, 5) is 0. The van der Waals surface area contributed by atoms with E-state index in [9.17, 15) is 0 Å². The van der Waals surface area contributed by atoms with Crippen molar-refractivity contribution in [3.05, 3.63) is 71.8 Å². The van der Waals surface area contributed by atoms with Crippen molar-refractivity contribution in [3.63, 3.8) is 0 Å². The maximum absolute atomic E-state index is 3.38. The van der Waals surface area contributed by atoms with Gasteiger partial charge in [-0.25, -0.2) is 0 Å². The second-order valence-corrected chi connectivity index (χ2v) is 4.11. The maximum Gasteiger partial charge on any atom is 0 e. The van der Waals surface area contributed by atoms with Gasteiger partial charge in [-0.05, 0) is 12.8 Å². The Morgan fingerprint density at radius 2 is 1.65 bits per heavy atom. The van der Waals surface area contributed by atoms with Crippen molar-refractivity contribution < 1.29 is 26.2 Å². The standard InChI is InChI=1S/C16H13.Zr/c1-2-8-13(7-1)15-11-5-6-12-16(15)14-9-3-4-10-14;/h1-7,9,11H,8,10H2;/q-1;. The van der Waals surface area contributed by atoms with Gasteiger partial charge in [0.05, 0.1) is 0 Å². The number of rotatable bonds is 2. The molecule has 0 fully saturated rings. The first-order valence-corrected chi connectivity index (χ1v) is 5.68. The molecule has 0 atom stereocenters. The van der Waals surface area contributed by atoms with E-state index in [1.165, 1.54) is 22.3 Å². The van der Waals surface area contributed by atoms with E-state index in [1.807, 2.05) is 6.07 Å². The van der Waals surface area contributed by atoms with Crippen molar-refractivity contribution in [1.82, 2.24) is 0 Å². The fraction of sp³-hybridized carbons (Fsp3) is 0.125. The summed E-state index contributed by atoms with van der Waals surface area (Å²) in [5.74, 6) is 0. The SMILES string of the molecule is [Zr].[c-]1cccc(C2=CC=CC2)c1C1=CC=CC1. The monoisotopic (exact) mass is 295 g/mol. The van der Waals surface area contributed by atoms with Crippen LogP contribution in [0, 0.1) is 6.07 Å². The zero-order chi connectivity index (χ0) is 10.8. The maximum atomic E-state index is 3.38. The van der Waals surface area contributed by atoms with Crippen LogP contribution >= 0.6 is 0 Å². The average molecular weight is 297 g/mol. The quantitative estimate of drug-likeness (QED) is 0.719. The van der Waals surface area contributed by atoms with Crippen molar-refractivity contribution in [3.8, 4) is 0 Å². The molecular weight excluding hydrogens is 283 g/mol. The Bertz CT molecular complexity index is 481. The number of hydrogen-bond acceptors (Lipinski definition) is 0. The third-order valence-corrected chi connectivity index (χ3v) is 3.07. The predicted octanol–water partition coefficient (Wildman–Crippen LogP) is 4.17. The smallest absolute Gasteiger partial charge is 0 e. The molecule has 0 aliphatic heterocycles. The Morgan fingerprint density at radius 3 is 2.29 bits per heavy atom. The average Bonchev–Trinajstić information content (AvgIpc) is 3.03. The normalized spacial score (nSPS) is 16.7. The fourth-order valence-corrected chi connectivity index (χ4v) is 2.25. The van der Waals surface area contributed by atoms with E-state index in [0.717, 1.165) is 12.8 Å². The Balaban J connectivity index is 0.00000108. The van der Waals surface area contributed by atoms with Crippen LogP contribution in [0.3, 0.4) is 0 Å². The molecule has 0 bridgehead atoms. The molecule has 2 aliphatic rings. The summed E-state index contributed by atoms with van der Waals surface area (Å²) in [5, 5.41) is 0. The molecule has 0 aromatic heterocycles. The van der Waals surface area contributed by atoms with Gasteiger partial charge in [0.25, 0.3) is 0 Å². The van der Waals surface area contributed by atoms with Gasteiger partial charge in [-0.3, -0.25) is 0 Å². The largest absolute Gasteiger partial charge is 0.147 e. The van der Waals surface area contributed by atoms with Crippen LogP contribution in [-0.4, -0.2) is 0 Å². The fourth-order valence-electron chi connectivity index (χ4n) is 2.25. The first-order valence-electron chi connectivity index (χ1n) is 5.68. The van der Waals surface area contributed by atoms with Crippen LogP contribution in [0.1, 0.15) is 24.0 Å². The molecule has 3 rings (SSSR count). The van der Waals surface area contributed by atoms with E-state index in [-0.39, 0.29) is 26.2 Å². The van der Waals surface area contributed by atoms with E-state index in [2.05, 4.69) is 54.7 Å². The molecule has 0 radical (unpaired) electrons. The molecule has 0 saturated carbocycles. The molecular formula is C16H13Zr-. The summed E-state index contributed by atoms with van der Waals surface area (Å²) in [7, 11) is 0. The second kappa shape index (κ2) is 5.60. The van der Waals surface area contributed by atoms with Gasteiger partial charge in [-0.15, -0.1) is 47.0 Å². The summed E-state index contributed by atoms with van der Waals surface area (Å²) in [5.41, 5.74) is 5.38. The van der Waals surface area contributed by atoms with Crippen LogP contribution in [0.15, 0.2) is 54.7 Å². The van der Waals surface area contributed by atoms with Crippen molar-refractivity contribution in [1.29, 1.82) is 0 Å². The van der Waals surface area contributed by atoms with Crippen molar-refractivity contribution in [2.45, 2.75) is 12.8 Å². The molecule has 1 aromatic rings. The van der Waals surface area contributed by atoms with Gasteiger partial charge in [0, 0.05) is 26.2 Å². The molecule has 1 aromatic carbocycles. The van der Waals surface area contributed by atoms with Crippen molar-refractivity contribution in [2.24, 2.45) is 0 Å². The van der Waals surface area contributed by atoms with Crippen LogP contribution in [0.5, 0.6) is 0 Å². The third kappa shape index (κ3) is 2.50. The summed E-state index contributed by atoms with van der Waals surface area (Å²) in [6, 6.07) is 9.65. The molecule has 0 saturated heterocycles. The Morgan fingerprint density at radius 1 is 0.941 bits per heavy atom. The molecule has 82 valence electrons. The summed E-state index contributed by atoms with van der Waals surface area (Å²) < 4.78 is 0. The van der Waals surface area contributed by atoms with Gasteiger partial charge in [0.1, 0.15) is 0 Å². The van der Waals surface area contributed by atoms with Crippen LogP contribution in [-0.2, 0) is 26.2 Å². The second-order valence-electron chi connectivity index (χ2n) is 4.11. The third-order valence-electron chi connectivity index (χ3n) is 3.07. The Kier molecular flexibility index (Phi) is 4.12. The molecule has 17 heavy (non-hydrogen) atoms. The van der Waals surface area contributed by atoms with Gasteiger partial charge in [-0.1, -0.05) is 36.0 Å². The minimum Gasteiger partial charge on any atom is -0.147 e. The Labute approximate surface area is 122 Å². The van der Waals surface area contributed by atoms with Gasteiger partial charge >= 0.3 is 0 Å². The van der Waals surface area contributed by atoms with Crippen LogP contribution in [0.25, 0.3) is 11.1 Å². The summed E-state index contributed by atoms with van der Waals surface area (Å²) >= 11 is 0. The van der Waals surface area contributed by atoms with Crippen LogP contribution in [0.4, 0.5) is 0 Å². The molecule has 0 heterocycles. The molecule has 0 unspecified atom stereocenters. The zero-order valence-electron chi connectivity index (χ0n) is 9.61. The molecule has 2 aliphatic carbocycles. The van der Waals surface area contributed by atoms with E-state index in [1.54, 1.807) is 0 Å². The van der Waals surface area contributed by atoms with Gasteiger partial charge in [0.2, 0.25) is 0 Å². The molecule has 0 amide bonds. The van der Waals surface area contributed by atoms with E-state index < -0.39 is 0 Å². The molecule has 1 heteroatoms. The molecule has 0 nitrogen and oxygen atoms in total. The number of hydrogen-bond donors (Lipinski definition) is 0. The van der Waals surface area contributed by atoms with Gasteiger partial charge in [-0.2, -0.15) is 0 Å². The first kappa shape index (κ1) is 12.5. The van der Waals surface area contributed by atoms with Crippen molar-refractivity contribution in [2.75, 3.05) is 0 Å². The predicted molar refractivity (Wildman–Crippen MR) is 68.7 cm³/mol. The number of allylic oxidation sites excluding steroid dienone is 8. The minimum atomic E-state index is 0. The minimum absolute atomic E-state index is 0. The van der Waals surface area contributed by atoms with Gasteiger partial charge in [0.15, 0.2) is 0 Å². The van der Waals surface area contributed by atoms with E-state index >= 15 is 0 Å². The summed E-state index contributed by atoms with van der Waals surface area (Å²) in [6.45, 7) is 0. The van der Waals surface area contributed by atoms with Crippen LogP contribution < -0.4 is 0 Å². The molecule has 0 N–H and O–H groups in total. The van der Waals surface area contributed by atoms with Gasteiger partial charge < -0.3 is 0 Å². The van der Waals surface area contributed by atoms with Crippen molar-refractivity contribution >= 4 is 11.1 Å². The first-order chi connectivity index (χ1) is 7.95. The summed E-state index contributed by atoms with van der Waals surface area (Å²) in [6.07, 6.45) is 15.1. The number of benzene rings is 1. The topological polar surface area (TPSA) is 0 Å². The Hall–Kier alpha value is -0.937. The van der Waals surface area contributed by atoms with E-state index in [0.29, 0.717) is 0 Å².